The molecule has 104 valence electrons. The van der Waals surface area contributed by atoms with Crippen LogP contribution in [-0.4, -0.2) is 34.9 Å². The SMILES string of the molecule is N#Cc1ccc(NC(=O)C2CSCCN2)c([N+](=O)[O-])c1. The van der Waals surface area contributed by atoms with E-state index in [4.69, 9.17) is 5.26 Å². The molecule has 2 N–H and O–H groups in total. The Bertz CT molecular complexity index is 579. The van der Waals surface area contributed by atoms with Crippen molar-refractivity contribution in [2.75, 3.05) is 23.4 Å². The monoisotopic (exact) mass is 292 g/mol. The van der Waals surface area contributed by atoms with Gasteiger partial charge in [0.2, 0.25) is 5.91 Å². The van der Waals surface area contributed by atoms with Gasteiger partial charge in [0.1, 0.15) is 5.69 Å². The number of nitro groups is 1. The van der Waals surface area contributed by atoms with Gasteiger partial charge in [-0.1, -0.05) is 0 Å². The predicted molar refractivity (Wildman–Crippen MR) is 75.6 cm³/mol. The molecule has 1 aromatic rings. The first-order valence-electron chi connectivity index (χ1n) is 5.92. The molecule has 1 saturated heterocycles. The Morgan fingerprint density at radius 1 is 1.60 bits per heavy atom. The molecule has 1 fully saturated rings. The molecule has 1 atom stereocenters. The zero-order chi connectivity index (χ0) is 14.5. The van der Waals surface area contributed by atoms with Crippen molar-refractivity contribution in [2.24, 2.45) is 0 Å². The Labute approximate surface area is 119 Å². The number of amides is 1. The minimum Gasteiger partial charge on any atom is -0.319 e. The molecule has 20 heavy (non-hydrogen) atoms. The van der Waals surface area contributed by atoms with Crippen molar-refractivity contribution in [3.63, 3.8) is 0 Å². The number of benzene rings is 1. The van der Waals surface area contributed by atoms with Crippen LogP contribution in [0.5, 0.6) is 0 Å². The van der Waals surface area contributed by atoms with Gasteiger partial charge < -0.3 is 10.6 Å². The smallest absolute Gasteiger partial charge is 0.294 e. The first kappa shape index (κ1) is 14.3. The summed E-state index contributed by atoms with van der Waals surface area (Å²) in [6, 6.07) is 5.44. The van der Waals surface area contributed by atoms with Crippen LogP contribution in [0.4, 0.5) is 11.4 Å². The second-order valence-electron chi connectivity index (χ2n) is 4.17. The Hall–Kier alpha value is -2.11. The molecule has 0 spiro atoms. The lowest BCUT2D eigenvalue weighted by atomic mass is 10.2. The van der Waals surface area contributed by atoms with Crippen molar-refractivity contribution >= 4 is 29.0 Å². The second kappa shape index (κ2) is 6.36. The van der Waals surface area contributed by atoms with Gasteiger partial charge in [0.05, 0.1) is 22.6 Å². The van der Waals surface area contributed by atoms with E-state index in [1.165, 1.54) is 12.1 Å². The average Bonchev–Trinajstić information content (AvgIpc) is 2.48. The number of carbonyl (C=O) groups excluding carboxylic acids is 1. The molecule has 1 aromatic carbocycles. The number of rotatable bonds is 3. The van der Waals surface area contributed by atoms with Gasteiger partial charge in [-0.2, -0.15) is 17.0 Å². The Morgan fingerprint density at radius 2 is 2.40 bits per heavy atom. The fourth-order valence-corrected chi connectivity index (χ4v) is 2.75. The molecule has 0 aromatic heterocycles. The zero-order valence-electron chi connectivity index (χ0n) is 10.5. The number of nitriles is 1. The van der Waals surface area contributed by atoms with E-state index >= 15 is 0 Å². The van der Waals surface area contributed by atoms with Crippen LogP contribution in [0.1, 0.15) is 5.56 Å². The maximum atomic E-state index is 12.0. The molecule has 7 nitrogen and oxygen atoms in total. The Balaban J connectivity index is 2.18. The van der Waals surface area contributed by atoms with Crippen molar-refractivity contribution in [2.45, 2.75) is 6.04 Å². The number of hydrogen-bond donors (Lipinski definition) is 2. The van der Waals surface area contributed by atoms with Crippen LogP contribution in [0.3, 0.4) is 0 Å². The third-order valence-electron chi connectivity index (χ3n) is 2.82. The van der Waals surface area contributed by atoms with Crippen LogP contribution in [-0.2, 0) is 4.79 Å². The van der Waals surface area contributed by atoms with Crippen molar-refractivity contribution in [1.82, 2.24) is 5.32 Å². The van der Waals surface area contributed by atoms with Gasteiger partial charge >= 0.3 is 0 Å². The topological polar surface area (TPSA) is 108 Å². The van der Waals surface area contributed by atoms with Gasteiger partial charge in [-0.15, -0.1) is 0 Å². The Morgan fingerprint density at radius 3 is 3.00 bits per heavy atom. The van der Waals surface area contributed by atoms with Gasteiger partial charge in [-0.05, 0) is 12.1 Å². The highest BCUT2D eigenvalue weighted by Gasteiger charge is 2.24. The molecule has 1 heterocycles. The maximum absolute atomic E-state index is 12.0. The van der Waals surface area contributed by atoms with Gasteiger partial charge in [0.25, 0.3) is 5.69 Å². The lowest BCUT2D eigenvalue weighted by molar-refractivity contribution is -0.383. The molecule has 1 aliphatic heterocycles. The van der Waals surface area contributed by atoms with Crippen LogP contribution in [0.15, 0.2) is 18.2 Å². The molecule has 0 aliphatic carbocycles. The number of nitrogens with zero attached hydrogens (tertiary/aromatic N) is 2. The standard InChI is InChI=1S/C12H12N4O3S/c13-6-8-1-2-9(11(5-8)16(18)19)15-12(17)10-7-20-4-3-14-10/h1-2,5,10,14H,3-4,7H2,(H,15,17). The quantitative estimate of drug-likeness (QED) is 0.638. The van der Waals surface area contributed by atoms with E-state index in [0.29, 0.717) is 5.75 Å². The van der Waals surface area contributed by atoms with Crippen LogP contribution < -0.4 is 10.6 Å². The summed E-state index contributed by atoms with van der Waals surface area (Å²) in [5, 5.41) is 25.3. The minimum absolute atomic E-state index is 0.108. The lowest BCUT2D eigenvalue weighted by Gasteiger charge is -2.22. The highest BCUT2D eigenvalue weighted by Crippen LogP contribution is 2.25. The third-order valence-corrected chi connectivity index (χ3v) is 3.88. The fraction of sp³-hybridized carbons (Fsp3) is 0.333. The molecule has 8 heteroatoms. The van der Waals surface area contributed by atoms with Crippen molar-refractivity contribution in [3.8, 4) is 6.07 Å². The zero-order valence-corrected chi connectivity index (χ0v) is 11.3. The van der Waals surface area contributed by atoms with Gasteiger partial charge in [-0.3, -0.25) is 14.9 Å². The van der Waals surface area contributed by atoms with Gasteiger partial charge in [0.15, 0.2) is 0 Å². The van der Waals surface area contributed by atoms with Crippen LogP contribution >= 0.6 is 11.8 Å². The molecule has 0 bridgehead atoms. The third kappa shape index (κ3) is 3.26. The molecular weight excluding hydrogens is 280 g/mol. The summed E-state index contributed by atoms with van der Waals surface area (Å²) in [6.45, 7) is 0.734. The summed E-state index contributed by atoms with van der Waals surface area (Å²) in [5.74, 6) is 1.28. The lowest BCUT2D eigenvalue weighted by Crippen LogP contribution is -2.46. The summed E-state index contributed by atoms with van der Waals surface area (Å²) >= 11 is 1.66. The summed E-state index contributed by atoms with van der Waals surface area (Å²) < 4.78 is 0. The average molecular weight is 292 g/mol. The molecule has 1 aliphatic rings. The number of carbonyl (C=O) groups is 1. The number of nitrogens with one attached hydrogen (secondary N) is 2. The summed E-state index contributed by atoms with van der Waals surface area (Å²) in [6.07, 6.45) is 0. The van der Waals surface area contributed by atoms with Gasteiger partial charge in [-0.25, -0.2) is 0 Å². The van der Waals surface area contributed by atoms with Crippen molar-refractivity contribution in [1.29, 1.82) is 5.26 Å². The van der Waals surface area contributed by atoms with E-state index in [-0.39, 0.29) is 28.9 Å². The van der Waals surface area contributed by atoms with E-state index in [0.717, 1.165) is 18.4 Å². The van der Waals surface area contributed by atoms with E-state index < -0.39 is 4.92 Å². The van der Waals surface area contributed by atoms with Crippen molar-refractivity contribution in [3.05, 3.63) is 33.9 Å². The number of anilines is 1. The largest absolute Gasteiger partial charge is 0.319 e. The number of hydrogen-bond acceptors (Lipinski definition) is 6. The van der Waals surface area contributed by atoms with E-state index in [1.54, 1.807) is 11.8 Å². The van der Waals surface area contributed by atoms with Crippen molar-refractivity contribution < 1.29 is 9.72 Å². The van der Waals surface area contributed by atoms with Crippen LogP contribution in [0, 0.1) is 21.4 Å². The highest BCUT2D eigenvalue weighted by atomic mass is 32.2. The van der Waals surface area contributed by atoms with Crippen LogP contribution in [0.2, 0.25) is 0 Å². The molecule has 0 radical (unpaired) electrons. The molecular formula is C12H12N4O3S. The van der Waals surface area contributed by atoms with Crippen LogP contribution in [0.25, 0.3) is 0 Å². The predicted octanol–water partition coefficient (Wildman–Crippen LogP) is 1.11. The number of nitro benzene ring substituents is 1. The molecule has 0 saturated carbocycles. The van der Waals surface area contributed by atoms with E-state index in [2.05, 4.69) is 10.6 Å². The Kier molecular flexibility index (Phi) is 4.55. The van der Waals surface area contributed by atoms with E-state index in [9.17, 15) is 14.9 Å². The second-order valence-corrected chi connectivity index (χ2v) is 5.32. The molecule has 1 unspecified atom stereocenters. The first-order valence-corrected chi connectivity index (χ1v) is 7.08. The summed E-state index contributed by atoms with van der Waals surface area (Å²) in [5.41, 5.74) is 0.0123. The van der Waals surface area contributed by atoms with Gasteiger partial charge in [0, 0.05) is 24.1 Å². The highest BCUT2D eigenvalue weighted by molar-refractivity contribution is 7.99. The minimum atomic E-state index is -0.612. The summed E-state index contributed by atoms with van der Waals surface area (Å²) in [7, 11) is 0. The molecule has 1 amide bonds. The molecule has 2 rings (SSSR count). The summed E-state index contributed by atoms with van der Waals surface area (Å²) in [4.78, 5) is 22.4. The number of thioether (sulfide) groups is 1. The maximum Gasteiger partial charge on any atom is 0.294 e. The fourth-order valence-electron chi connectivity index (χ4n) is 1.81. The van der Waals surface area contributed by atoms with E-state index in [1.807, 2.05) is 6.07 Å². The first-order chi connectivity index (χ1) is 9.61. The normalized spacial score (nSPS) is 18.1.